The van der Waals surface area contributed by atoms with Gasteiger partial charge in [-0.05, 0) is 72.7 Å². The van der Waals surface area contributed by atoms with Gasteiger partial charge in [-0.2, -0.15) is 0 Å². The van der Waals surface area contributed by atoms with Gasteiger partial charge in [-0.1, -0.05) is 18.2 Å². The summed E-state index contributed by atoms with van der Waals surface area (Å²) >= 11 is 0. The van der Waals surface area contributed by atoms with E-state index in [2.05, 4.69) is 16.3 Å². The van der Waals surface area contributed by atoms with E-state index in [1.807, 2.05) is 24.3 Å². The molecule has 4 heteroatoms. The van der Waals surface area contributed by atoms with Gasteiger partial charge in [0.1, 0.15) is 5.82 Å². The van der Waals surface area contributed by atoms with Gasteiger partial charge < -0.3 is 5.32 Å². The van der Waals surface area contributed by atoms with Crippen molar-refractivity contribution in [2.45, 2.75) is 19.8 Å². The highest BCUT2D eigenvalue weighted by molar-refractivity contribution is 6.04. The van der Waals surface area contributed by atoms with Crippen LogP contribution in [-0.2, 0) is 0 Å². The van der Waals surface area contributed by atoms with Gasteiger partial charge in [0.15, 0.2) is 0 Å². The second-order valence-corrected chi connectivity index (χ2v) is 7.45. The first-order valence-corrected chi connectivity index (χ1v) is 9.16. The minimum absolute atomic E-state index is 0.182. The van der Waals surface area contributed by atoms with E-state index in [0.29, 0.717) is 16.8 Å². The van der Waals surface area contributed by atoms with Crippen LogP contribution in [0.25, 0.3) is 6.08 Å². The summed E-state index contributed by atoms with van der Waals surface area (Å²) in [6.45, 7) is 5.17. The number of carbonyl (C=O) groups excluding carboxylic acids is 1. The van der Waals surface area contributed by atoms with E-state index in [0.717, 1.165) is 24.6 Å². The Hall–Kier alpha value is -2.46. The smallest absolute Gasteiger partial charge is 0.255 e. The Bertz CT molecular complexity index is 845. The van der Waals surface area contributed by atoms with E-state index in [1.54, 1.807) is 13.0 Å². The molecule has 1 aliphatic heterocycles. The topological polar surface area (TPSA) is 32.3 Å². The van der Waals surface area contributed by atoms with Crippen LogP contribution in [0.2, 0.25) is 0 Å². The van der Waals surface area contributed by atoms with Crippen LogP contribution in [0.4, 0.5) is 10.1 Å². The second-order valence-electron chi connectivity index (χ2n) is 7.45. The standard InChI is InChI=1S/C22H23FN2O/c1-15-10-20(23)8-9-21(15)24-22(26)19-6-4-16(5-7-19)11-18-13-25(14-18)12-17-2-3-17/h4-11,17H,2-3,12-14H2,1H3,(H,24,26). The zero-order valence-corrected chi connectivity index (χ0v) is 15.0. The van der Waals surface area contributed by atoms with Gasteiger partial charge in [-0.15, -0.1) is 0 Å². The number of halogens is 1. The summed E-state index contributed by atoms with van der Waals surface area (Å²) in [5.41, 5.74) is 4.51. The first-order chi connectivity index (χ1) is 12.6. The van der Waals surface area contributed by atoms with E-state index in [1.165, 1.54) is 37.1 Å². The largest absolute Gasteiger partial charge is 0.322 e. The van der Waals surface area contributed by atoms with Crippen LogP contribution in [0.1, 0.15) is 34.3 Å². The van der Waals surface area contributed by atoms with Gasteiger partial charge in [0.2, 0.25) is 0 Å². The van der Waals surface area contributed by atoms with Crippen molar-refractivity contribution in [2.75, 3.05) is 25.0 Å². The fourth-order valence-electron chi connectivity index (χ4n) is 3.34. The molecule has 0 aromatic heterocycles. The van der Waals surface area contributed by atoms with Gasteiger partial charge in [0.05, 0.1) is 0 Å². The van der Waals surface area contributed by atoms with Crippen molar-refractivity contribution in [3.05, 3.63) is 70.5 Å². The van der Waals surface area contributed by atoms with E-state index >= 15 is 0 Å². The fourth-order valence-corrected chi connectivity index (χ4v) is 3.34. The molecule has 1 aliphatic carbocycles. The summed E-state index contributed by atoms with van der Waals surface area (Å²) in [6, 6.07) is 12.0. The normalized spacial score (nSPS) is 16.9. The molecule has 1 heterocycles. The number of amides is 1. The maximum absolute atomic E-state index is 13.2. The fraction of sp³-hybridized carbons (Fsp3) is 0.318. The first-order valence-electron chi connectivity index (χ1n) is 9.16. The van der Waals surface area contributed by atoms with E-state index in [-0.39, 0.29) is 11.7 Å². The monoisotopic (exact) mass is 350 g/mol. The highest BCUT2D eigenvalue weighted by Crippen LogP contribution is 2.32. The lowest BCUT2D eigenvalue weighted by molar-refractivity contribution is 0.102. The molecule has 1 amide bonds. The molecular weight excluding hydrogens is 327 g/mol. The zero-order chi connectivity index (χ0) is 18.1. The number of anilines is 1. The van der Waals surface area contributed by atoms with Crippen LogP contribution in [0.5, 0.6) is 0 Å². The summed E-state index contributed by atoms with van der Waals surface area (Å²) in [5.74, 6) is 0.460. The lowest BCUT2D eigenvalue weighted by Crippen LogP contribution is -2.41. The molecule has 0 spiro atoms. The molecule has 4 rings (SSSR count). The zero-order valence-electron chi connectivity index (χ0n) is 15.0. The molecule has 1 N–H and O–H groups in total. The molecule has 134 valence electrons. The quantitative estimate of drug-likeness (QED) is 0.861. The Labute approximate surface area is 153 Å². The third kappa shape index (κ3) is 4.02. The molecular formula is C22H23FN2O. The summed E-state index contributed by atoms with van der Waals surface area (Å²) in [6.07, 6.45) is 5.02. The molecule has 2 aromatic carbocycles. The van der Waals surface area contributed by atoms with Crippen molar-refractivity contribution in [1.29, 1.82) is 0 Å². The van der Waals surface area contributed by atoms with Crippen molar-refractivity contribution in [3.8, 4) is 0 Å². The number of hydrogen-bond donors (Lipinski definition) is 1. The van der Waals surface area contributed by atoms with Crippen LogP contribution >= 0.6 is 0 Å². The molecule has 2 fully saturated rings. The molecule has 1 saturated heterocycles. The summed E-state index contributed by atoms with van der Waals surface area (Å²) < 4.78 is 13.2. The van der Waals surface area contributed by atoms with E-state index < -0.39 is 0 Å². The van der Waals surface area contributed by atoms with Crippen LogP contribution in [-0.4, -0.2) is 30.4 Å². The predicted molar refractivity (Wildman–Crippen MR) is 103 cm³/mol. The SMILES string of the molecule is Cc1cc(F)ccc1NC(=O)c1ccc(C=C2CN(CC3CC3)C2)cc1. The first kappa shape index (κ1) is 17.0. The van der Waals surface area contributed by atoms with E-state index in [9.17, 15) is 9.18 Å². The summed E-state index contributed by atoms with van der Waals surface area (Å²) in [5, 5.41) is 2.84. The number of aryl methyl sites for hydroxylation is 1. The maximum atomic E-state index is 13.2. The molecule has 2 aliphatic rings. The Morgan fingerprint density at radius 3 is 2.58 bits per heavy atom. The number of carbonyl (C=O) groups is 1. The molecule has 26 heavy (non-hydrogen) atoms. The lowest BCUT2D eigenvalue weighted by atomic mass is 10.0. The number of rotatable bonds is 5. The molecule has 0 unspecified atom stereocenters. The molecule has 0 atom stereocenters. The van der Waals surface area contributed by atoms with Crippen molar-refractivity contribution >= 4 is 17.7 Å². The average Bonchev–Trinajstić information content (AvgIpc) is 3.40. The second kappa shape index (κ2) is 7.04. The lowest BCUT2D eigenvalue weighted by Gasteiger charge is -2.34. The van der Waals surface area contributed by atoms with Gasteiger partial charge in [-0.3, -0.25) is 9.69 Å². The Kier molecular flexibility index (Phi) is 4.60. The number of benzene rings is 2. The highest BCUT2D eigenvalue weighted by Gasteiger charge is 2.28. The van der Waals surface area contributed by atoms with Gasteiger partial charge in [0.25, 0.3) is 5.91 Å². The van der Waals surface area contributed by atoms with Crippen molar-refractivity contribution < 1.29 is 9.18 Å². The van der Waals surface area contributed by atoms with Crippen LogP contribution in [0.3, 0.4) is 0 Å². The average molecular weight is 350 g/mol. The maximum Gasteiger partial charge on any atom is 0.255 e. The Balaban J connectivity index is 1.35. The van der Waals surface area contributed by atoms with Crippen molar-refractivity contribution in [1.82, 2.24) is 4.90 Å². The molecule has 0 radical (unpaired) electrons. The third-order valence-corrected chi connectivity index (χ3v) is 5.05. The summed E-state index contributed by atoms with van der Waals surface area (Å²) in [7, 11) is 0. The minimum Gasteiger partial charge on any atom is -0.322 e. The van der Waals surface area contributed by atoms with Crippen LogP contribution in [0, 0.1) is 18.7 Å². The molecule has 3 nitrogen and oxygen atoms in total. The van der Waals surface area contributed by atoms with Gasteiger partial charge in [-0.25, -0.2) is 4.39 Å². The van der Waals surface area contributed by atoms with Gasteiger partial charge >= 0.3 is 0 Å². The molecule has 2 aromatic rings. The number of nitrogens with one attached hydrogen (secondary N) is 1. The summed E-state index contributed by atoms with van der Waals surface area (Å²) in [4.78, 5) is 14.9. The molecule has 0 bridgehead atoms. The highest BCUT2D eigenvalue weighted by atomic mass is 19.1. The number of likely N-dealkylation sites (tertiary alicyclic amines) is 1. The Morgan fingerprint density at radius 1 is 1.19 bits per heavy atom. The molecule has 1 saturated carbocycles. The number of nitrogens with zero attached hydrogens (tertiary/aromatic N) is 1. The van der Waals surface area contributed by atoms with Crippen molar-refractivity contribution in [3.63, 3.8) is 0 Å². The van der Waals surface area contributed by atoms with Gasteiger partial charge in [0, 0.05) is 30.9 Å². The van der Waals surface area contributed by atoms with Crippen LogP contribution < -0.4 is 5.32 Å². The van der Waals surface area contributed by atoms with Crippen LogP contribution in [0.15, 0.2) is 48.0 Å². The third-order valence-electron chi connectivity index (χ3n) is 5.05. The number of hydrogen-bond acceptors (Lipinski definition) is 2. The predicted octanol–water partition coefficient (Wildman–Crippen LogP) is 4.50. The van der Waals surface area contributed by atoms with Crippen molar-refractivity contribution in [2.24, 2.45) is 5.92 Å². The minimum atomic E-state index is -0.301. The Morgan fingerprint density at radius 2 is 1.92 bits per heavy atom. The van der Waals surface area contributed by atoms with E-state index in [4.69, 9.17) is 0 Å².